The van der Waals surface area contributed by atoms with E-state index < -0.39 is 8.80 Å². The lowest BCUT2D eigenvalue weighted by Crippen LogP contribution is -2.17. The van der Waals surface area contributed by atoms with Crippen LogP contribution in [-0.4, -0.2) is 25.5 Å². The number of nitrogens with zero attached hydrogens (tertiary/aromatic N) is 1. The SMILES string of the molecule is C[Si](C)C(CCO)c1nc2ccccc2s1. The molecule has 4 heteroatoms. The average Bonchev–Trinajstić information content (AvgIpc) is 2.68. The van der Waals surface area contributed by atoms with Gasteiger partial charge in [-0.05, 0) is 18.6 Å². The minimum Gasteiger partial charge on any atom is -0.396 e. The quantitative estimate of drug-likeness (QED) is 0.846. The lowest BCUT2D eigenvalue weighted by atomic mass is 10.3. The molecule has 0 aliphatic rings. The second-order valence-electron chi connectivity index (χ2n) is 4.16. The van der Waals surface area contributed by atoms with E-state index in [2.05, 4.69) is 36.3 Å². The molecule has 1 aromatic carbocycles. The van der Waals surface area contributed by atoms with Crippen molar-refractivity contribution in [2.75, 3.05) is 6.61 Å². The fraction of sp³-hybridized carbons (Fsp3) is 0.417. The summed E-state index contributed by atoms with van der Waals surface area (Å²) < 4.78 is 1.25. The fourth-order valence-electron chi connectivity index (χ4n) is 1.83. The van der Waals surface area contributed by atoms with Crippen molar-refractivity contribution in [2.24, 2.45) is 0 Å². The zero-order valence-corrected chi connectivity index (χ0v) is 11.4. The number of hydrogen-bond donors (Lipinski definition) is 1. The van der Waals surface area contributed by atoms with Gasteiger partial charge in [0.25, 0.3) is 0 Å². The monoisotopic (exact) mass is 250 g/mol. The van der Waals surface area contributed by atoms with Crippen molar-refractivity contribution in [2.45, 2.75) is 25.1 Å². The molecule has 0 aliphatic carbocycles. The van der Waals surface area contributed by atoms with E-state index >= 15 is 0 Å². The molecule has 0 saturated carbocycles. The summed E-state index contributed by atoms with van der Waals surface area (Å²) in [7, 11) is -0.447. The first kappa shape index (κ1) is 11.8. The Bertz CT molecular complexity index is 436. The van der Waals surface area contributed by atoms with Gasteiger partial charge in [-0.1, -0.05) is 25.2 Å². The molecule has 2 aromatic rings. The van der Waals surface area contributed by atoms with E-state index in [1.165, 1.54) is 9.71 Å². The molecule has 0 saturated heterocycles. The lowest BCUT2D eigenvalue weighted by Gasteiger charge is -2.15. The van der Waals surface area contributed by atoms with Crippen LogP contribution in [-0.2, 0) is 0 Å². The normalized spacial score (nSPS) is 13.5. The zero-order valence-electron chi connectivity index (χ0n) is 9.60. The van der Waals surface area contributed by atoms with Gasteiger partial charge in [-0.15, -0.1) is 11.3 Å². The molecule has 0 spiro atoms. The van der Waals surface area contributed by atoms with E-state index in [-0.39, 0.29) is 6.61 Å². The molecule has 1 aromatic heterocycles. The molecule has 0 amide bonds. The van der Waals surface area contributed by atoms with Crippen molar-refractivity contribution < 1.29 is 5.11 Å². The van der Waals surface area contributed by atoms with Crippen LogP contribution in [0, 0.1) is 0 Å². The van der Waals surface area contributed by atoms with Crippen molar-refractivity contribution in [1.29, 1.82) is 0 Å². The Hall–Kier alpha value is -0.713. The molecule has 1 unspecified atom stereocenters. The summed E-state index contributed by atoms with van der Waals surface area (Å²) in [6.07, 6.45) is 0.848. The van der Waals surface area contributed by atoms with E-state index in [4.69, 9.17) is 5.11 Å². The van der Waals surface area contributed by atoms with E-state index in [1.54, 1.807) is 11.3 Å². The van der Waals surface area contributed by atoms with Crippen LogP contribution in [0.15, 0.2) is 24.3 Å². The zero-order chi connectivity index (χ0) is 11.5. The van der Waals surface area contributed by atoms with Crippen molar-refractivity contribution in [3.8, 4) is 0 Å². The van der Waals surface area contributed by atoms with Gasteiger partial charge >= 0.3 is 0 Å². The van der Waals surface area contributed by atoms with Crippen LogP contribution in [0.1, 0.15) is 17.0 Å². The number of aliphatic hydroxyl groups excluding tert-OH is 1. The molecular formula is C12H16NOSSi. The standard InChI is InChI=1S/C12H16NOSSi/c1-16(2)11(7-8-14)12-13-9-5-3-4-6-10(9)15-12/h3-6,11,14H,7-8H2,1-2H3. The Balaban J connectivity index is 2.37. The van der Waals surface area contributed by atoms with Crippen LogP contribution in [0.4, 0.5) is 0 Å². The number of rotatable bonds is 4. The van der Waals surface area contributed by atoms with Crippen molar-refractivity contribution in [3.05, 3.63) is 29.3 Å². The molecule has 1 radical (unpaired) electrons. The van der Waals surface area contributed by atoms with Crippen molar-refractivity contribution in [3.63, 3.8) is 0 Å². The summed E-state index contributed by atoms with van der Waals surface area (Å²) in [5.74, 6) is 0. The molecule has 16 heavy (non-hydrogen) atoms. The van der Waals surface area contributed by atoms with Crippen LogP contribution in [0.25, 0.3) is 10.2 Å². The molecule has 1 N–H and O–H groups in total. The van der Waals surface area contributed by atoms with E-state index in [1.807, 2.05) is 6.07 Å². The number of aromatic nitrogens is 1. The van der Waals surface area contributed by atoms with Crippen LogP contribution < -0.4 is 0 Å². The predicted molar refractivity (Wildman–Crippen MR) is 71.5 cm³/mol. The maximum atomic E-state index is 9.11. The van der Waals surface area contributed by atoms with Crippen LogP contribution >= 0.6 is 11.3 Å². The summed E-state index contributed by atoms with van der Waals surface area (Å²) in [4.78, 5) is 4.69. The third-order valence-electron chi connectivity index (χ3n) is 2.72. The highest BCUT2D eigenvalue weighted by Gasteiger charge is 2.20. The number of fused-ring (bicyclic) bond motifs is 1. The second kappa shape index (κ2) is 5.08. The van der Waals surface area contributed by atoms with Crippen molar-refractivity contribution >= 4 is 30.4 Å². The molecule has 0 fully saturated rings. The van der Waals surface area contributed by atoms with E-state index in [0.717, 1.165) is 11.9 Å². The minimum absolute atomic E-state index is 0.260. The number of benzene rings is 1. The Morgan fingerprint density at radius 1 is 1.38 bits per heavy atom. The first-order valence-electron chi connectivity index (χ1n) is 5.48. The Labute approximate surface area is 102 Å². The van der Waals surface area contributed by atoms with Crippen LogP contribution in [0.2, 0.25) is 13.1 Å². The third-order valence-corrected chi connectivity index (χ3v) is 6.04. The predicted octanol–water partition coefficient (Wildman–Crippen LogP) is 3.06. The summed E-state index contributed by atoms with van der Waals surface area (Å²) in [6, 6.07) is 8.25. The van der Waals surface area contributed by atoms with Crippen molar-refractivity contribution in [1.82, 2.24) is 4.98 Å². The van der Waals surface area contributed by atoms with Gasteiger partial charge in [-0.3, -0.25) is 0 Å². The van der Waals surface area contributed by atoms with E-state index in [0.29, 0.717) is 5.54 Å². The summed E-state index contributed by atoms with van der Waals surface area (Å²) in [5.41, 5.74) is 1.57. The molecule has 1 heterocycles. The smallest absolute Gasteiger partial charge is 0.0941 e. The maximum absolute atomic E-state index is 9.11. The Morgan fingerprint density at radius 3 is 2.75 bits per heavy atom. The highest BCUT2D eigenvalue weighted by atomic mass is 32.1. The van der Waals surface area contributed by atoms with Gasteiger partial charge in [0, 0.05) is 12.1 Å². The molecule has 2 nitrogen and oxygen atoms in total. The Kier molecular flexibility index (Phi) is 3.73. The lowest BCUT2D eigenvalue weighted by molar-refractivity contribution is 0.285. The first-order chi connectivity index (χ1) is 7.72. The number of aliphatic hydroxyl groups is 1. The molecule has 0 bridgehead atoms. The largest absolute Gasteiger partial charge is 0.396 e. The molecular weight excluding hydrogens is 234 g/mol. The number of thiazole rings is 1. The summed E-state index contributed by atoms with van der Waals surface area (Å²) in [5, 5.41) is 10.3. The second-order valence-corrected chi connectivity index (χ2v) is 8.08. The highest BCUT2D eigenvalue weighted by molar-refractivity contribution is 7.19. The first-order valence-corrected chi connectivity index (χ1v) is 8.88. The fourth-order valence-corrected chi connectivity index (χ4v) is 4.97. The van der Waals surface area contributed by atoms with Gasteiger partial charge in [-0.25, -0.2) is 4.98 Å². The van der Waals surface area contributed by atoms with Gasteiger partial charge in [0.2, 0.25) is 0 Å². The van der Waals surface area contributed by atoms with Gasteiger partial charge in [0.05, 0.1) is 24.0 Å². The minimum atomic E-state index is -0.447. The maximum Gasteiger partial charge on any atom is 0.0941 e. The number of hydrogen-bond acceptors (Lipinski definition) is 3. The molecule has 85 valence electrons. The van der Waals surface area contributed by atoms with Gasteiger partial charge in [0.15, 0.2) is 0 Å². The van der Waals surface area contributed by atoms with Crippen LogP contribution in [0.5, 0.6) is 0 Å². The molecule has 0 aliphatic heterocycles. The number of para-hydroxylation sites is 1. The Morgan fingerprint density at radius 2 is 2.12 bits per heavy atom. The highest BCUT2D eigenvalue weighted by Crippen LogP contribution is 2.30. The molecule has 2 rings (SSSR count). The summed E-state index contributed by atoms with van der Waals surface area (Å²) in [6.45, 7) is 4.84. The van der Waals surface area contributed by atoms with Gasteiger partial charge in [-0.2, -0.15) is 0 Å². The van der Waals surface area contributed by atoms with E-state index in [9.17, 15) is 0 Å². The van der Waals surface area contributed by atoms with Crippen LogP contribution in [0.3, 0.4) is 0 Å². The third kappa shape index (κ3) is 2.34. The molecule has 1 atom stereocenters. The topological polar surface area (TPSA) is 33.1 Å². The van der Waals surface area contributed by atoms with Gasteiger partial charge in [0.1, 0.15) is 0 Å². The average molecular weight is 250 g/mol. The summed E-state index contributed by atoms with van der Waals surface area (Å²) >= 11 is 1.78. The van der Waals surface area contributed by atoms with Gasteiger partial charge < -0.3 is 5.11 Å².